The van der Waals surface area contributed by atoms with Gasteiger partial charge in [-0.25, -0.2) is 0 Å². The summed E-state index contributed by atoms with van der Waals surface area (Å²) < 4.78 is 0. The second-order valence-corrected chi connectivity index (χ2v) is 5.90. The molecule has 0 unspecified atom stereocenters. The molecule has 0 saturated heterocycles. The van der Waals surface area contributed by atoms with Crippen LogP contribution in [0.5, 0.6) is 0 Å². The highest BCUT2D eigenvalue weighted by Gasteiger charge is 2.33. The summed E-state index contributed by atoms with van der Waals surface area (Å²) in [6.07, 6.45) is 2.55. The highest BCUT2D eigenvalue weighted by atomic mass is 16.4. The Morgan fingerprint density at radius 2 is 1.55 bits per heavy atom. The number of aliphatic hydroxyl groups is 1. The summed E-state index contributed by atoms with van der Waals surface area (Å²) in [5, 5.41) is 26.9. The van der Waals surface area contributed by atoms with Gasteiger partial charge in [0.1, 0.15) is 0 Å². The van der Waals surface area contributed by atoms with Gasteiger partial charge in [-0.2, -0.15) is 0 Å². The van der Waals surface area contributed by atoms with Gasteiger partial charge < -0.3 is 15.3 Å². The zero-order chi connectivity index (χ0) is 16.6. The Kier molecular flexibility index (Phi) is 7.05. The van der Waals surface area contributed by atoms with Crippen LogP contribution in [0.3, 0.4) is 0 Å². The molecule has 1 aromatic rings. The maximum atomic E-state index is 11.4. The van der Waals surface area contributed by atoms with Crippen LogP contribution in [0, 0.1) is 5.41 Å². The fourth-order valence-electron chi connectivity index (χ4n) is 2.30. The molecule has 0 bridgehead atoms. The minimum Gasteiger partial charge on any atom is -0.481 e. The van der Waals surface area contributed by atoms with Crippen LogP contribution in [0.2, 0.25) is 0 Å². The fraction of sp³-hybridized carbons (Fsp3) is 0.529. The Bertz CT molecular complexity index is 494. The van der Waals surface area contributed by atoms with Crippen molar-refractivity contribution in [3.8, 4) is 0 Å². The molecule has 0 aliphatic heterocycles. The molecule has 1 atom stereocenters. The van der Waals surface area contributed by atoms with Gasteiger partial charge in [0, 0.05) is 13.0 Å². The van der Waals surface area contributed by atoms with Crippen molar-refractivity contribution in [2.24, 2.45) is 5.41 Å². The Morgan fingerprint density at radius 3 is 2.00 bits per heavy atom. The van der Waals surface area contributed by atoms with Gasteiger partial charge in [-0.15, -0.1) is 0 Å². The van der Waals surface area contributed by atoms with E-state index in [2.05, 4.69) is 0 Å². The first kappa shape index (κ1) is 18.2. The monoisotopic (exact) mass is 308 g/mol. The van der Waals surface area contributed by atoms with Crippen LogP contribution in [0.25, 0.3) is 0 Å². The summed E-state index contributed by atoms with van der Waals surface area (Å²) in [5.74, 6) is -1.92. The number of hydrogen-bond donors (Lipinski definition) is 3. The highest BCUT2D eigenvalue weighted by Crippen LogP contribution is 2.30. The second kappa shape index (κ2) is 8.54. The van der Waals surface area contributed by atoms with Gasteiger partial charge in [-0.3, -0.25) is 9.59 Å². The van der Waals surface area contributed by atoms with E-state index in [0.717, 1.165) is 24.0 Å². The summed E-state index contributed by atoms with van der Waals surface area (Å²) in [5.41, 5.74) is 1.16. The average Bonchev–Trinajstić information content (AvgIpc) is 2.49. The number of benzene rings is 1. The van der Waals surface area contributed by atoms with Crippen molar-refractivity contribution in [3.05, 3.63) is 35.4 Å². The van der Waals surface area contributed by atoms with Crippen LogP contribution >= 0.6 is 0 Å². The zero-order valence-corrected chi connectivity index (χ0v) is 12.9. The third-order valence-corrected chi connectivity index (χ3v) is 4.02. The summed E-state index contributed by atoms with van der Waals surface area (Å²) in [7, 11) is 0. The molecule has 0 saturated carbocycles. The van der Waals surface area contributed by atoms with Crippen LogP contribution in [0.1, 0.15) is 43.7 Å². The van der Waals surface area contributed by atoms with Gasteiger partial charge in [-0.05, 0) is 50.2 Å². The number of aliphatic hydroxyl groups excluding tert-OH is 1. The van der Waals surface area contributed by atoms with Crippen molar-refractivity contribution in [3.63, 3.8) is 0 Å². The third kappa shape index (κ3) is 5.85. The fourth-order valence-corrected chi connectivity index (χ4v) is 2.30. The number of carboxylic acid groups (broad SMARTS) is 2. The minimum atomic E-state index is -1.02. The predicted octanol–water partition coefficient (Wildman–Crippen LogP) is 2.50. The van der Waals surface area contributed by atoms with E-state index in [1.165, 1.54) is 0 Å². The molecule has 5 heteroatoms. The van der Waals surface area contributed by atoms with Gasteiger partial charge in [0.05, 0.1) is 5.41 Å². The molecule has 1 aromatic carbocycles. The lowest BCUT2D eigenvalue weighted by atomic mass is 9.80. The first-order valence-corrected chi connectivity index (χ1v) is 7.51. The lowest BCUT2D eigenvalue weighted by molar-refractivity contribution is -0.149. The maximum Gasteiger partial charge on any atom is 0.309 e. The molecule has 3 N–H and O–H groups in total. The van der Waals surface area contributed by atoms with E-state index in [-0.39, 0.29) is 19.4 Å². The molecule has 22 heavy (non-hydrogen) atoms. The van der Waals surface area contributed by atoms with Gasteiger partial charge in [0.25, 0.3) is 0 Å². The van der Waals surface area contributed by atoms with Gasteiger partial charge >= 0.3 is 11.9 Å². The van der Waals surface area contributed by atoms with E-state index in [1.54, 1.807) is 6.92 Å². The highest BCUT2D eigenvalue weighted by molar-refractivity contribution is 5.75. The number of hydrogen-bond acceptors (Lipinski definition) is 3. The first-order chi connectivity index (χ1) is 10.4. The normalized spacial score (nSPS) is 13.5. The molecule has 122 valence electrons. The van der Waals surface area contributed by atoms with E-state index in [9.17, 15) is 14.7 Å². The standard InChI is InChI=1S/C17H24O5/c1-17(16(21)22,11-9-15(19)20)10-8-14-6-4-13(5-7-14)3-2-12-18/h4-7,18H,2-3,8-12H2,1H3,(H,19,20)(H,21,22)/t17-/m0/s1. The zero-order valence-electron chi connectivity index (χ0n) is 12.9. The van der Waals surface area contributed by atoms with E-state index in [1.807, 2.05) is 24.3 Å². The summed E-state index contributed by atoms with van der Waals surface area (Å²) >= 11 is 0. The SMILES string of the molecule is C[C@@](CCC(=O)O)(CCc1ccc(CCCO)cc1)C(=O)O. The van der Waals surface area contributed by atoms with Crippen LogP contribution in [-0.2, 0) is 22.4 Å². The molecule has 0 aliphatic rings. The Labute approximate surface area is 130 Å². The Hall–Kier alpha value is -1.88. The van der Waals surface area contributed by atoms with Gasteiger partial charge in [-0.1, -0.05) is 24.3 Å². The van der Waals surface area contributed by atoms with Crippen molar-refractivity contribution in [1.82, 2.24) is 0 Å². The van der Waals surface area contributed by atoms with Crippen molar-refractivity contribution < 1.29 is 24.9 Å². The quantitative estimate of drug-likeness (QED) is 0.617. The molecule has 0 aromatic heterocycles. The molecule has 0 aliphatic carbocycles. The third-order valence-electron chi connectivity index (χ3n) is 4.02. The predicted molar refractivity (Wildman–Crippen MR) is 82.8 cm³/mol. The number of carboxylic acids is 2. The Balaban J connectivity index is 2.60. The summed E-state index contributed by atoms with van der Waals surface area (Å²) in [6, 6.07) is 7.90. The van der Waals surface area contributed by atoms with Crippen LogP contribution < -0.4 is 0 Å². The number of aliphatic carboxylic acids is 2. The average molecular weight is 308 g/mol. The molecule has 0 heterocycles. The number of aryl methyl sites for hydroxylation is 2. The van der Waals surface area contributed by atoms with Gasteiger partial charge in [0.15, 0.2) is 0 Å². The molecular weight excluding hydrogens is 284 g/mol. The molecule has 0 spiro atoms. The van der Waals surface area contributed by atoms with Crippen LogP contribution in [0.15, 0.2) is 24.3 Å². The first-order valence-electron chi connectivity index (χ1n) is 7.51. The van der Waals surface area contributed by atoms with E-state index in [4.69, 9.17) is 10.2 Å². The van der Waals surface area contributed by atoms with Crippen LogP contribution in [0.4, 0.5) is 0 Å². The van der Waals surface area contributed by atoms with Crippen molar-refractivity contribution in [2.45, 2.75) is 45.4 Å². The summed E-state index contributed by atoms with van der Waals surface area (Å²) in [4.78, 5) is 22.1. The molecular formula is C17H24O5. The molecule has 1 rings (SSSR count). The van der Waals surface area contributed by atoms with Crippen molar-refractivity contribution >= 4 is 11.9 Å². The largest absolute Gasteiger partial charge is 0.481 e. The second-order valence-electron chi connectivity index (χ2n) is 5.90. The smallest absolute Gasteiger partial charge is 0.309 e. The van der Waals surface area contributed by atoms with E-state index in [0.29, 0.717) is 12.8 Å². The van der Waals surface area contributed by atoms with Crippen molar-refractivity contribution in [1.29, 1.82) is 0 Å². The number of carbonyl (C=O) groups is 2. The topological polar surface area (TPSA) is 94.8 Å². The molecule has 0 radical (unpaired) electrons. The lowest BCUT2D eigenvalue weighted by Crippen LogP contribution is -2.29. The molecule has 0 amide bonds. The molecule has 5 nitrogen and oxygen atoms in total. The van der Waals surface area contributed by atoms with E-state index < -0.39 is 17.4 Å². The van der Waals surface area contributed by atoms with Gasteiger partial charge in [0.2, 0.25) is 0 Å². The van der Waals surface area contributed by atoms with E-state index >= 15 is 0 Å². The van der Waals surface area contributed by atoms with Crippen LogP contribution in [-0.4, -0.2) is 33.9 Å². The minimum absolute atomic E-state index is 0.131. The lowest BCUT2D eigenvalue weighted by Gasteiger charge is -2.24. The summed E-state index contributed by atoms with van der Waals surface area (Å²) in [6.45, 7) is 1.77. The maximum absolute atomic E-state index is 11.4. The molecule has 0 fully saturated rings. The Morgan fingerprint density at radius 1 is 1.00 bits per heavy atom. The number of rotatable bonds is 10. The van der Waals surface area contributed by atoms with Crippen molar-refractivity contribution in [2.75, 3.05) is 6.61 Å².